The van der Waals surface area contributed by atoms with Crippen molar-refractivity contribution in [2.24, 2.45) is 0 Å². The zero-order valence-electron chi connectivity index (χ0n) is 6.40. The zero-order valence-corrected chi connectivity index (χ0v) is 7.22. The standard InChI is InChI=1S/C7H15NS/c1-6(2)7(8-3)5-9-4/h7-8H,1,5H2,2-4H3. The van der Waals surface area contributed by atoms with Crippen molar-refractivity contribution in [3.63, 3.8) is 0 Å². The second-order valence-corrected chi connectivity index (χ2v) is 3.05. The number of nitrogens with one attached hydrogen (secondary N) is 1. The summed E-state index contributed by atoms with van der Waals surface area (Å²) in [6.07, 6.45) is 2.10. The lowest BCUT2D eigenvalue weighted by Crippen LogP contribution is -2.28. The van der Waals surface area contributed by atoms with Crippen LogP contribution < -0.4 is 5.32 Å². The molecule has 0 fully saturated rings. The van der Waals surface area contributed by atoms with Gasteiger partial charge in [-0.15, -0.1) is 0 Å². The lowest BCUT2D eigenvalue weighted by molar-refractivity contribution is 0.704. The topological polar surface area (TPSA) is 12.0 Å². The Bertz CT molecular complexity index is 90.9. The Kier molecular flexibility index (Phi) is 4.91. The molecule has 0 amide bonds. The Labute approximate surface area is 61.9 Å². The van der Waals surface area contributed by atoms with E-state index in [0.29, 0.717) is 6.04 Å². The summed E-state index contributed by atoms with van der Waals surface area (Å²) in [6, 6.07) is 0.486. The van der Waals surface area contributed by atoms with Gasteiger partial charge in [-0.1, -0.05) is 12.2 Å². The maximum absolute atomic E-state index is 3.87. The van der Waals surface area contributed by atoms with Crippen molar-refractivity contribution in [1.29, 1.82) is 0 Å². The van der Waals surface area contributed by atoms with E-state index in [0.717, 1.165) is 5.75 Å². The summed E-state index contributed by atoms with van der Waals surface area (Å²) in [5, 5.41) is 3.18. The quantitative estimate of drug-likeness (QED) is 0.602. The van der Waals surface area contributed by atoms with Crippen LogP contribution in [-0.4, -0.2) is 25.1 Å². The molecular formula is C7H15NS. The lowest BCUT2D eigenvalue weighted by atomic mass is 10.2. The van der Waals surface area contributed by atoms with E-state index in [9.17, 15) is 0 Å². The molecule has 0 rings (SSSR count). The molecule has 0 aromatic heterocycles. The number of rotatable bonds is 4. The molecule has 9 heavy (non-hydrogen) atoms. The molecule has 0 bridgehead atoms. The maximum atomic E-state index is 3.87. The number of hydrogen-bond acceptors (Lipinski definition) is 2. The first-order valence-electron chi connectivity index (χ1n) is 3.04. The van der Waals surface area contributed by atoms with Crippen molar-refractivity contribution < 1.29 is 0 Å². The van der Waals surface area contributed by atoms with Gasteiger partial charge in [-0.2, -0.15) is 11.8 Å². The van der Waals surface area contributed by atoms with Crippen LogP contribution in [0.25, 0.3) is 0 Å². The highest BCUT2D eigenvalue weighted by Crippen LogP contribution is 2.03. The molecule has 1 N–H and O–H groups in total. The van der Waals surface area contributed by atoms with Gasteiger partial charge in [-0.25, -0.2) is 0 Å². The van der Waals surface area contributed by atoms with Gasteiger partial charge in [0.15, 0.2) is 0 Å². The molecule has 0 spiro atoms. The second-order valence-electron chi connectivity index (χ2n) is 2.14. The molecule has 0 aromatic rings. The van der Waals surface area contributed by atoms with Crippen LogP contribution in [0.5, 0.6) is 0 Å². The fourth-order valence-corrected chi connectivity index (χ4v) is 1.42. The number of hydrogen-bond donors (Lipinski definition) is 1. The lowest BCUT2D eigenvalue weighted by Gasteiger charge is -2.13. The zero-order chi connectivity index (χ0) is 7.28. The van der Waals surface area contributed by atoms with Crippen molar-refractivity contribution in [2.45, 2.75) is 13.0 Å². The Morgan fingerprint density at radius 3 is 2.44 bits per heavy atom. The Balaban J connectivity index is 3.54. The van der Waals surface area contributed by atoms with E-state index in [4.69, 9.17) is 0 Å². The number of likely N-dealkylation sites (N-methyl/N-ethyl adjacent to an activating group) is 1. The first-order valence-corrected chi connectivity index (χ1v) is 4.43. The third-order valence-electron chi connectivity index (χ3n) is 1.28. The monoisotopic (exact) mass is 145 g/mol. The molecule has 0 aliphatic heterocycles. The van der Waals surface area contributed by atoms with Crippen molar-refractivity contribution in [3.05, 3.63) is 12.2 Å². The van der Waals surface area contributed by atoms with Crippen LogP contribution in [0.1, 0.15) is 6.92 Å². The Hall–Kier alpha value is 0.0500. The van der Waals surface area contributed by atoms with Gasteiger partial charge in [0.05, 0.1) is 0 Å². The van der Waals surface area contributed by atoms with Gasteiger partial charge in [0, 0.05) is 11.8 Å². The largest absolute Gasteiger partial charge is 0.313 e. The average molecular weight is 145 g/mol. The molecule has 0 aliphatic rings. The van der Waals surface area contributed by atoms with Crippen LogP contribution in [0.4, 0.5) is 0 Å². The predicted molar refractivity (Wildman–Crippen MR) is 46.0 cm³/mol. The first-order chi connectivity index (χ1) is 4.22. The number of thioether (sulfide) groups is 1. The minimum absolute atomic E-state index is 0.486. The minimum atomic E-state index is 0.486. The third kappa shape index (κ3) is 3.60. The molecule has 1 atom stereocenters. The SMILES string of the molecule is C=C(C)C(CSC)NC. The maximum Gasteiger partial charge on any atom is 0.0362 e. The summed E-state index contributed by atoms with van der Waals surface area (Å²) in [5.74, 6) is 1.12. The second kappa shape index (κ2) is 4.89. The van der Waals surface area contributed by atoms with Crippen molar-refractivity contribution in [2.75, 3.05) is 19.1 Å². The molecular weight excluding hydrogens is 130 g/mol. The van der Waals surface area contributed by atoms with Crippen LogP contribution in [0, 0.1) is 0 Å². The van der Waals surface area contributed by atoms with Gasteiger partial charge >= 0.3 is 0 Å². The molecule has 0 aliphatic carbocycles. The molecule has 0 aromatic carbocycles. The van der Waals surface area contributed by atoms with Crippen LogP contribution in [-0.2, 0) is 0 Å². The summed E-state index contributed by atoms with van der Waals surface area (Å²) in [6.45, 7) is 5.92. The summed E-state index contributed by atoms with van der Waals surface area (Å²) in [7, 11) is 1.97. The van der Waals surface area contributed by atoms with Gasteiger partial charge in [-0.3, -0.25) is 0 Å². The van der Waals surface area contributed by atoms with Crippen LogP contribution >= 0.6 is 11.8 Å². The van der Waals surface area contributed by atoms with E-state index < -0.39 is 0 Å². The summed E-state index contributed by atoms with van der Waals surface area (Å²) in [4.78, 5) is 0. The molecule has 0 saturated heterocycles. The van der Waals surface area contributed by atoms with E-state index in [-0.39, 0.29) is 0 Å². The van der Waals surface area contributed by atoms with Crippen LogP contribution in [0.2, 0.25) is 0 Å². The van der Waals surface area contributed by atoms with Crippen molar-refractivity contribution >= 4 is 11.8 Å². The fraction of sp³-hybridized carbons (Fsp3) is 0.714. The Morgan fingerprint density at radius 1 is 1.78 bits per heavy atom. The summed E-state index contributed by atoms with van der Waals surface area (Å²) >= 11 is 1.84. The molecule has 1 unspecified atom stereocenters. The normalized spacial score (nSPS) is 13.2. The molecule has 2 heteroatoms. The van der Waals surface area contributed by atoms with Crippen molar-refractivity contribution in [3.8, 4) is 0 Å². The van der Waals surface area contributed by atoms with Crippen LogP contribution in [0.15, 0.2) is 12.2 Å². The van der Waals surface area contributed by atoms with Gasteiger partial charge in [-0.05, 0) is 20.2 Å². The summed E-state index contributed by atoms with van der Waals surface area (Å²) in [5.41, 5.74) is 1.21. The molecule has 0 saturated carbocycles. The highest BCUT2D eigenvalue weighted by molar-refractivity contribution is 7.98. The van der Waals surface area contributed by atoms with Gasteiger partial charge in [0.1, 0.15) is 0 Å². The van der Waals surface area contributed by atoms with E-state index in [1.54, 1.807) is 0 Å². The Morgan fingerprint density at radius 2 is 2.33 bits per heavy atom. The van der Waals surface area contributed by atoms with Crippen LogP contribution in [0.3, 0.4) is 0 Å². The molecule has 0 radical (unpaired) electrons. The van der Waals surface area contributed by atoms with E-state index in [1.165, 1.54) is 5.57 Å². The van der Waals surface area contributed by atoms with Gasteiger partial charge < -0.3 is 5.32 Å². The van der Waals surface area contributed by atoms with Gasteiger partial charge in [0.25, 0.3) is 0 Å². The molecule has 0 heterocycles. The third-order valence-corrected chi connectivity index (χ3v) is 1.94. The fourth-order valence-electron chi connectivity index (χ4n) is 0.639. The minimum Gasteiger partial charge on any atom is -0.313 e. The smallest absolute Gasteiger partial charge is 0.0362 e. The predicted octanol–water partition coefficient (Wildman–Crippen LogP) is 1.51. The molecule has 54 valence electrons. The average Bonchev–Trinajstić information content (AvgIpc) is 1.82. The highest BCUT2D eigenvalue weighted by Gasteiger charge is 2.02. The summed E-state index contributed by atoms with van der Waals surface area (Å²) < 4.78 is 0. The highest BCUT2D eigenvalue weighted by atomic mass is 32.2. The van der Waals surface area contributed by atoms with Gasteiger partial charge in [0.2, 0.25) is 0 Å². The molecule has 1 nitrogen and oxygen atoms in total. The first kappa shape index (κ1) is 9.05. The van der Waals surface area contributed by atoms with E-state index in [1.807, 2.05) is 18.8 Å². The van der Waals surface area contributed by atoms with Crippen molar-refractivity contribution in [1.82, 2.24) is 5.32 Å². The van der Waals surface area contributed by atoms with E-state index in [2.05, 4.69) is 25.1 Å². The van der Waals surface area contributed by atoms with E-state index >= 15 is 0 Å².